The lowest BCUT2D eigenvalue weighted by atomic mass is 9.85. The molecule has 1 saturated heterocycles. The van der Waals surface area contributed by atoms with Crippen LogP contribution in [0.3, 0.4) is 0 Å². The molecular formula is C20H34Cl2N4O. The number of pyridine rings is 1. The van der Waals surface area contributed by atoms with E-state index in [1.807, 2.05) is 18.3 Å². The number of hydrogen-bond acceptors (Lipinski definition) is 4. The molecule has 7 heteroatoms. The van der Waals surface area contributed by atoms with Gasteiger partial charge in [-0.2, -0.15) is 0 Å². The van der Waals surface area contributed by atoms with Gasteiger partial charge in [-0.05, 0) is 57.1 Å². The van der Waals surface area contributed by atoms with Crippen molar-refractivity contribution in [1.82, 2.24) is 9.88 Å². The van der Waals surface area contributed by atoms with Crippen LogP contribution in [0.1, 0.15) is 45.4 Å². The predicted octanol–water partition coefficient (Wildman–Crippen LogP) is 3.51. The first kappa shape index (κ1) is 24.0. The van der Waals surface area contributed by atoms with E-state index in [0.29, 0.717) is 11.8 Å². The minimum absolute atomic E-state index is 0. The summed E-state index contributed by atoms with van der Waals surface area (Å²) in [5.74, 6) is 2.16. The summed E-state index contributed by atoms with van der Waals surface area (Å²) in [6.07, 6.45) is 8.16. The van der Waals surface area contributed by atoms with Gasteiger partial charge < -0.3 is 15.5 Å². The molecule has 1 aliphatic carbocycles. The second-order valence-corrected chi connectivity index (χ2v) is 7.62. The van der Waals surface area contributed by atoms with Gasteiger partial charge in [-0.1, -0.05) is 12.5 Å². The largest absolute Gasteiger partial charge is 0.357 e. The van der Waals surface area contributed by atoms with Crippen LogP contribution in [-0.2, 0) is 4.79 Å². The van der Waals surface area contributed by atoms with Gasteiger partial charge in [-0.3, -0.25) is 4.79 Å². The summed E-state index contributed by atoms with van der Waals surface area (Å²) in [5, 5.41) is 0. The highest BCUT2D eigenvalue weighted by Gasteiger charge is 2.30. The normalized spacial score (nSPS) is 23.1. The maximum Gasteiger partial charge on any atom is 0.225 e. The summed E-state index contributed by atoms with van der Waals surface area (Å²) >= 11 is 0. The topological polar surface area (TPSA) is 62.5 Å². The number of rotatable bonds is 5. The summed E-state index contributed by atoms with van der Waals surface area (Å²) in [5.41, 5.74) is 6.08. The molecule has 2 N–H and O–H groups in total. The summed E-state index contributed by atoms with van der Waals surface area (Å²) < 4.78 is 0. The zero-order valence-electron chi connectivity index (χ0n) is 16.3. The number of nitrogens with two attached hydrogens (primary N) is 1. The molecule has 154 valence electrons. The zero-order chi connectivity index (χ0) is 17.6. The zero-order valence-corrected chi connectivity index (χ0v) is 17.9. The molecule has 2 atom stereocenters. The van der Waals surface area contributed by atoms with E-state index in [1.165, 1.54) is 0 Å². The molecule has 2 fully saturated rings. The maximum atomic E-state index is 12.9. The van der Waals surface area contributed by atoms with Crippen molar-refractivity contribution >= 4 is 36.5 Å². The van der Waals surface area contributed by atoms with Crippen LogP contribution >= 0.6 is 24.8 Å². The van der Waals surface area contributed by atoms with Crippen molar-refractivity contribution in [3.8, 4) is 0 Å². The number of hydrogen-bond donors (Lipinski definition) is 1. The molecule has 1 aromatic rings. The first-order chi connectivity index (χ1) is 12.2. The van der Waals surface area contributed by atoms with Crippen molar-refractivity contribution in [2.45, 2.75) is 51.5 Å². The van der Waals surface area contributed by atoms with E-state index < -0.39 is 0 Å². The average molecular weight is 417 g/mol. The monoisotopic (exact) mass is 416 g/mol. The lowest BCUT2D eigenvalue weighted by molar-refractivity contribution is -0.137. The molecule has 2 aliphatic rings. The number of anilines is 1. The SMILES string of the molecule is CCN(CC1CCN(c2ccccn2)CC1)C(=O)C1CCCC(N)C1.Cl.Cl. The molecule has 1 amide bonds. The number of carbonyl (C=O) groups excluding carboxylic acids is 1. The molecule has 2 heterocycles. The Labute approximate surface area is 175 Å². The van der Waals surface area contributed by atoms with E-state index >= 15 is 0 Å². The van der Waals surface area contributed by atoms with Gasteiger partial charge >= 0.3 is 0 Å². The fraction of sp³-hybridized carbons (Fsp3) is 0.700. The van der Waals surface area contributed by atoms with Gasteiger partial charge in [0.2, 0.25) is 5.91 Å². The standard InChI is InChI=1S/C20H32N4O.2ClH/c1-2-23(20(25)17-6-5-7-18(21)14-17)15-16-9-12-24(13-10-16)19-8-3-4-11-22-19;;/h3-4,8,11,16-18H,2,5-7,9-10,12-15,21H2,1H3;2*1H. The summed E-state index contributed by atoms with van der Waals surface area (Å²) in [7, 11) is 0. The lowest BCUT2D eigenvalue weighted by Gasteiger charge is -2.37. The van der Waals surface area contributed by atoms with Gasteiger partial charge in [0.05, 0.1) is 0 Å². The number of amides is 1. The smallest absolute Gasteiger partial charge is 0.225 e. The Morgan fingerprint density at radius 3 is 2.56 bits per heavy atom. The first-order valence-electron chi connectivity index (χ1n) is 9.87. The molecular weight excluding hydrogens is 383 g/mol. The highest BCUT2D eigenvalue weighted by atomic mass is 35.5. The van der Waals surface area contributed by atoms with Gasteiger partial charge in [-0.25, -0.2) is 4.98 Å². The number of nitrogens with zero attached hydrogens (tertiary/aromatic N) is 3. The van der Waals surface area contributed by atoms with E-state index in [4.69, 9.17) is 5.73 Å². The van der Waals surface area contributed by atoms with Crippen LogP contribution in [0.25, 0.3) is 0 Å². The fourth-order valence-electron chi connectivity index (χ4n) is 4.28. The summed E-state index contributed by atoms with van der Waals surface area (Å²) in [6.45, 7) is 5.87. The van der Waals surface area contributed by atoms with Crippen LogP contribution in [0.15, 0.2) is 24.4 Å². The van der Waals surface area contributed by atoms with E-state index in [9.17, 15) is 4.79 Å². The Morgan fingerprint density at radius 1 is 1.22 bits per heavy atom. The third-order valence-corrected chi connectivity index (χ3v) is 5.82. The molecule has 27 heavy (non-hydrogen) atoms. The van der Waals surface area contributed by atoms with Crippen molar-refractivity contribution in [2.24, 2.45) is 17.6 Å². The van der Waals surface area contributed by atoms with Gasteiger partial charge in [0.15, 0.2) is 0 Å². The first-order valence-corrected chi connectivity index (χ1v) is 9.87. The molecule has 0 bridgehead atoms. The Morgan fingerprint density at radius 2 is 1.96 bits per heavy atom. The highest BCUT2D eigenvalue weighted by Crippen LogP contribution is 2.27. The van der Waals surface area contributed by atoms with Crippen LogP contribution in [0, 0.1) is 11.8 Å². The van der Waals surface area contributed by atoms with Gasteiger partial charge in [0.1, 0.15) is 5.82 Å². The van der Waals surface area contributed by atoms with Crippen LogP contribution in [0.4, 0.5) is 5.82 Å². The van der Waals surface area contributed by atoms with E-state index in [1.54, 1.807) is 0 Å². The van der Waals surface area contributed by atoms with E-state index in [2.05, 4.69) is 27.8 Å². The van der Waals surface area contributed by atoms with Crippen LogP contribution in [-0.4, -0.2) is 48.0 Å². The molecule has 3 rings (SSSR count). The molecule has 0 radical (unpaired) electrons. The molecule has 1 aliphatic heterocycles. The molecule has 1 saturated carbocycles. The van der Waals surface area contributed by atoms with Crippen LogP contribution in [0.2, 0.25) is 0 Å². The summed E-state index contributed by atoms with van der Waals surface area (Å²) in [4.78, 5) is 21.8. The third kappa shape index (κ3) is 6.51. The van der Waals surface area contributed by atoms with Crippen molar-refractivity contribution in [2.75, 3.05) is 31.1 Å². The molecule has 0 spiro atoms. The number of aromatic nitrogens is 1. The fourth-order valence-corrected chi connectivity index (χ4v) is 4.28. The quantitative estimate of drug-likeness (QED) is 0.797. The second-order valence-electron chi connectivity index (χ2n) is 7.62. The predicted molar refractivity (Wildman–Crippen MR) is 116 cm³/mol. The third-order valence-electron chi connectivity index (χ3n) is 5.82. The number of halogens is 2. The van der Waals surface area contributed by atoms with Gasteiger partial charge in [0, 0.05) is 44.3 Å². The minimum atomic E-state index is 0. The highest BCUT2D eigenvalue weighted by molar-refractivity contribution is 5.85. The second kappa shape index (κ2) is 11.7. The van der Waals surface area contributed by atoms with Crippen LogP contribution in [0.5, 0.6) is 0 Å². The van der Waals surface area contributed by atoms with E-state index in [0.717, 1.165) is 70.5 Å². The Hall–Kier alpha value is -1.04. The number of piperidine rings is 1. The van der Waals surface area contributed by atoms with Crippen LogP contribution < -0.4 is 10.6 Å². The maximum absolute atomic E-state index is 12.9. The van der Waals surface area contributed by atoms with Gasteiger partial charge in [-0.15, -0.1) is 24.8 Å². The molecule has 1 aromatic heterocycles. The molecule has 5 nitrogen and oxygen atoms in total. The Balaban J connectivity index is 0.00000182. The van der Waals surface area contributed by atoms with E-state index in [-0.39, 0.29) is 36.8 Å². The van der Waals surface area contributed by atoms with Gasteiger partial charge in [0.25, 0.3) is 0 Å². The Kier molecular flexibility index (Phi) is 10.4. The van der Waals surface area contributed by atoms with Crippen molar-refractivity contribution in [1.29, 1.82) is 0 Å². The summed E-state index contributed by atoms with van der Waals surface area (Å²) in [6, 6.07) is 6.29. The van der Waals surface area contributed by atoms with Crippen molar-refractivity contribution < 1.29 is 4.79 Å². The number of carbonyl (C=O) groups is 1. The van der Waals surface area contributed by atoms with Crippen molar-refractivity contribution in [3.63, 3.8) is 0 Å². The minimum Gasteiger partial charge on any atom is -0.357 e. The lowest BCUT2D eigenvalue weighted by Crippen LogP contribution is -2.44. The average Bonchev–Trinajstić information content (AvgIpc) is 2.67. The molecule has 0 aromatic carbocycles. The van der Waals surface area contributed by atoms with Crippen molar-refractivity contribution in [3.05, 3.63) is 24.4 Å². The Bertz CT molecular complexity index is 552. The molecule has 2 unspecified atom stereocenters.